The number of carboxylic acids is 1. The quantitative estimate of drug-likeness (QED) is 0.779. The highest BCUT2D eigenvalue weighted by Crippen LogP contribution is 2.09. The average molecular weight is 279 g/mol. The van der Waals surface area contributed by atoms with Crippen LogP contribution in [0.1, 0.15) is 38.2 Å². The van der Waals surface area contributed by atoms with Gasteiger partial charge >= 0.3 is 5.97 Å². The van der Waals surface area contributed by atoms with Crippen LogP contribution in [0.15, 0.2) is 22.6 Å². The minimum atomic E-state index is -0.845. The lowest BCUT2D eigenvalue weighted by Gasteiger charge is -2.25. The first-order valence-electron chi connectivity index (χ1n) is 6.67. The third-order valence-corrected chi connectivity index (χ3v) is 2.85. The van der Waals surface area contributed by atoms with Crippen LogP contribution >= 0.6 is 0 Å². The van der Waals surface area contributed by atoms with Gasteiger partial charge in [0, 0.05) is 25.1 Å². The summed E-state index contributed by atoms with van der Waals surface area (Å²) in [6.07, 6.45) is 3.60. The molecule has 110 valence electrons. The molecular formula is C15H21NO4. The third kappa shape index (κ3) is 5.30. The van der Waals surface area contributed by atoms with Gasteiger partial charge in [0.2, 0.25) is 5.91 Å². The van der Waals surface area contributed by atoms with Crippen molar-refractivity contribution in [2.24, 2.45) is 0 Å². The molecule has 0 saturated heterocycles. The fourth-order valence-electron chi connectivity index (χ4n) is 1.82. The van der Waals surface area contributed by atoms with E-state index in [0.717, 1.165) is 5.76 Å². The van der Waals surface area contributed by atoms with Gasteiger partial charge in [-0.2, -0.15) is 0 Å². The van der Waals surface area contributed by atoms with Crippen LogP contribution in [0.5, 0.6) is 0 Å². The molecule has 0 aliphatic carbocycles. The Kier molecular flexibility index (Phi) is 6.03. The van der Waals surface area contributed by atoms with Crippen molar-refractivity contribution in [1.82, 2.24) is 4.90 Å². The Morgan fingerprint density at radius 3 is 2.60 bits per heavy atom. The molecule has 0 saturated carbocycles. The fraction of sp³-hybridized carbons (Fsp3) is 0.467. The lowest BCUT2D eigenvalue weighted by molar-refractivity contribution is -0.138. The summed E-state index contributed by atoms with van der Waals surface area (Å²) in [5.74, 6) is 0.437. The van der Waals surface area contributed by atoms with Gasteiger partial charge in [0.15, 0.2) is 0 Å². The zero-order valence-corrected chi connectivity index (χ0v) is 12.1. The highest BCUT2D eigenvalue weighted by atomic mass is 16.4. The third-order valence-electron chi connectivity index (χ3n) is 2.85. The standard InChI is InChI=1S/C15H21NO4/c1-11(2)16(10-4-5-15(18)19)14(17)9-8-13-7-6-12(3)20-13/h6-9,11H,4-5,10H2,1-3H3,(H,18,19)/b9-8+. The van der Waals surface area contributed by atoms with Gasteiger partial charge in [-0.25, -0.2) is 0 Å². The molecule has 1 aromatic heterocycles. The van der Waals surface area contributed by atoms with E-state index in [-0.39, 0.29) is 18.4 Å². The summed E-state index contributed by atoms with van der Waals surface area (Å²) in [7, 11) is 0. The Labute approximate surface area is 118 Å². The van der Waals surface area contributed by atoms with Crippen LogP contribution in [0.4, 0.5) is 0 Å². The number of hydrogen-bond acceptors (Lipinski definition) is 3. The maximum absolute atomic E-state index is 12.1. The van der Waals surface area contributed by atoms with E-state index >= 15 is 0 Å². The van der Waals surface area contributed by atoms with Gasteiger partial charge in [0.1, 0.15) is 11.5 Å². The first-order chi connectivity index (χ1) is 9.40. The van der Waals surface area contributed by atoms with E-state index in [1.165, 1.54) is 6.08 Å². The molecule has 0 unspecified atom stereocenters. The van der Waals surface area contributed by atoms with Crippen LogP contribution in [0.25, 0.3) is 6.08 Å². The molecule has 0 aromatic carbocycles. The molecule has 5 heteroatoms. The monoisotopic (exact) mass is 279 g/mol. The van der Waals surface area contributed by atoms with Crippen LogP contribution in [-0.4, -0.2) is 34.5 Å². The van der Waals surface area contributed by atoms with Crippen LogP contribution in [0.2, 0.25) is 0 Å². The second-order valence-electron chi connectivity index (χ2n) is 4.90. The highest BCUT2D eigenvalue weighted by molar-refractivity contribution is 5.91. The summed E-state index contributed by atoms with van der Waals surface area (Å²) in [6, 6.07) is 3.65. The van der Waals surface area contributed by atoms with Gasteiger partial charge in [-0.15, -0.1) is 0 Å². The van der Waals surface area contributed by atoms with E-state index in [1.54, 1.807) is 17.0 Å². The number of hydrogen-bond donors (Lipinski definition) is 1. The van der Waals surface area contributed by atoms with E-state index in [9.17, 15) is 9.59 Å². The summed E-state index contributed by atoms with van der Waals surface area (Å²) in [6.45, 7) is 6.09. The number of carbonyl (C=O) groups is 2. The molecule has 1 aromatic rings. The number of aliphatic carboxylic acids is 1. The summed E-state index contributed by atoms with van der Waals surface area (Å²) in [5, 5.41) is 8.63. The summed E-state index contributed by atoms with van der Waals surface area (Å²) in [4.78, 5) is 24.2. The number of rotatable bonds is 7. The van der Waals surface area contributed by atoms with Gasteiger partial charge < -0.3 is 14.4 Å². The van der Waals surface area contributed by atoms with Crippen molar-refractivity contribution in [3.63, 3.8) is 0 Å². The van der Waals surface area contributed by atoms with Crippen LogP contribution in [-0.2, 0) is 9.59 Å². The SMILES string of the molecule is Cc1ccc(/C=C/C(=O)N(CCCC(=O)O)C(C)C)o1. The van der Waals surface area contributed by atoms with Crippen molar-refractivity contribution < 1.29 is 19.1 Å². The zero-order valence-electron chi connectivity index (χ0n) is 12.1. The molecular weight excluding hydrogens is 258 g/mol. The Morgan fingerprint density at radius 1 is 1.40 bits per heavy atom. The fourth-order valence-corrected chi connectivity index (χ4v) is 1.82. The van der Waals surface area contributed by atoms with Crippen LogP contribution in [0.3, 0.4) is 0 Å². The van der Waals surface area contributed by atoms with E-state index in [4.69, 9.17) is 9.52 Å². The van der Waals surface area contributed by atoms with Crippen molar-refractivity contribution in [3.8, 4) is 0 Å². The Bertz CT molecular complexity index is 488. The van der Waals surface area contributed by atoms with Crippen LogP contribution < -0.4 is 0 Å². The number of nitrogens with zero attached hydrogens (tertiary/aromatic N) is 1. The maximum atomic E-state index is 12.1. The molecule has 0 bridgehead atoms. The average Bonchev–Trinajstić information content (AvgIpc) is 2.77. The van der Waals surface area contributed by atoms with Gasteiger partial charge in [0.25, 0.3) is 0 Å². The highest BCUT2D eigenvalue weighted by Gasteiger charge is 2.14. The van der Waals surface area contributed by atoms with Gasteiger partial charge in [-0.1, -0.05) is 0 Å². The molecule has 20 heavy (non-hydrogen) atoms. The van der Waals surface area contributed by atoms with Crippen molar-refractivity contribution in [2.45, 2.75) is 39.7 Å². The molecule has 0 spiro atoms. The molecule has 1 rings (SSSR count). The molecule has 0 atom stereocenters. The zero-order chi connectivity index (χ0) is 15.1. The van der Waals surface area contributed by atoms with Crippen molar-refractivity contribution in [2.75, 3.05) is 6.54 Å². The first-order valence-corrected chi connectivity index (χ1v) is 6.67. The summed E-state index contributed by atoms with van der Waals surface area (Å²) >= 11 is 0. The van der Waals surface area contributed by atoms with Gasteiger partial charge in [0.05, 0.1) is 0 Å². The predicted octanol–water partition coefficient (Wildman–Crippen LogP) is 2.70. The molecule has 1 amide bonds. The summed E-state index contributed by atoms with van der Waals surface area (Å²) < 4.78 is 5.35. The number of carbonyl (C=O) groups excluding carboxylic acids is 1. The Balaban J connectivity index is 2.59. The molecule has 5 nitrogen and oxygen atoms in total. The number of furan rings is 1. The van der Waals surface area contributed by atoms with Crippen molar-refractivity contribution in [3.05, 3.63) is 29.7 Å². The molecule has 0 aliphatic rings. The van der Waals surface area contributed by atoms with E-state index < -0.39 is 5.97 Å². The minimum absolute atomic E-state index is 0.0271. The largest absolute Gasteiger partial charge is 0.481 e. The topological polar surface area (TPSA) is 70.8 Å². The second kappa shape index (κ2) is 7.53. The smallest absolute Gasteiger partial charge is 0.303 e. The summed E-state index contributed by atoms with van der Waals surface area (Å²) in [5.41, 5.74) is 0. The number of carboxylic acid groups (broad SMARTS) is 1. The lowest BCUT2D eigenvalue weighted by Crippen LogP contribution is -2.36. The lowest BCUT2D eigenvalue weighted by atomic mass is 10.2. The minimum Gasteiger partial charge on any atom is -0.481 e. The molecule has 0 radical (unpaired) electrons. The normalized spacial score (nSPS) is 11.2. The molecule has 0 aliphatic heterocycles. The molecule has 1 heterocycles. The van der Waals surface area contributed by atoms with Crippen molar-refractivity contribution >= 4 is 18.0 Å². The maximum Gasteiger partial charge on any atom is 0.303 e. The van der Waals surface area contributed by atoms with Crippen molar-refractivity contribution in [1.29, 1.82) is 0 Å². The molecule has 0 fully saturated rings. The number of aryl methyl sites for hydroxylation is 1. The second-order valence-corrected chi connectivity index (χ2v) is 4.90. The molecule has 1 N–H and O–H groups in total. The predicted molar refractivity (Wildman–Crippen MR) is 76.2 cm³/mol. The number of amides is 1. The van der Waals surface area contributed by atoms with Gasteiger partial charge in [-0.05, 0) is 45.4 Å². The van der Waals surface area contributed by atoms with E-state index in [2.05, 4.69) is 0 Å². The van der Waals surface area contributed by atoms with Crippen LogP contribution in [0, 0.1) is 6.92 Å². The van der Waals surface area contributed by atoms with E-state index in [0.29, 0.717) is 18.7 Å². The Hall–Kier alpha value is -2.04. The van der Waals surface area contributed by atoms with Gasteiger partial charge in [-0.3, -0.25) is 9.59 Å². The Morgan fingerprint density at radius 2 is 2.10 bits per heavy atom. The van der Waals surface area contributed by atoms with E-state index in [1.807, 2.05) is 26.8 Å². The first kappa shape index (κ1) is 16.0.